The Morgan fingerprint density at radius 3 is 2.27 bits per heavy atom. The van der Waals surface area contributed by atoms with Gasteiger partial charge in [0.2, 0.25) is 5.91 Å². The Hall–Kier alpha value is -0.570. The monoisotopic (exact) mass is 153 g/mol. The molecule has 0 unspecified atom stereocenters. The minimum atomic E-state index is -0.690. The first-order chi connectivity index (χ1) is 5.22. The van der Waals surface area contributed by atoms with Crippen LogP contribution in [-0.2, 0) is 4.79 Å². The molecule has 1 radical (unpaired) electrons. The van der Waals surface area contributed by atoms with Crippen LogP contribution in [0.4, 0.5) is 0 Å². The van der Waals surface area contributed by atoms with Crippen molar-refractivity contribution in [1.82, 2.24) is 10.6 Å². The molecule has 0 atom stereocenters. The van der Waals surface area contributed by atoms with Crippen molar-refractivity contribution in [3.05, 3.63) is 0 Å². The molecule has 1 heterocycles. The van der Waals surface area contributed by atoms with Crippen LogP contribution in [0, 0.1) is 0 Å². The maximum absolute atomic E-state index is 11.5. The van der Waals surface area contributed by atoms with Gasteiger partial charge >= 0.3 is 0 Å². The molecule has 2 aliphatic rings. The Kier molecular flexibility index (Phi) is 1.42. The van der Waals surface area contributed by atoms with Crippen LogP contribution < -0.4 is 5.73 Å². The van der Waals surface area contributed by atoms with Crippen LogP contribution in [0.25, 0.3) is 0 Å². The number of nitrogens with zero attached hydrogens (tertiary/aromatic N) is 1. The van der Waals surface area contributed by atoms with Crippen molar-refractivity contribution in [2.24, 2.45) is 0 Å². The van der Waals surface area contributed by atoms with Gasteiger partial charge < -0.3 is 4.90 Å². The van der Waals surface area contributed by atoms with E-state index >= 15 is 0 Å². The molecule has 0 aromatic rings. The summed E-state index contributed by atoms with van der Waals surface area (Å²) in [4.78, 5) is 13.3. The minimum absolute atomic E-state index is 0.0787. The first-order valence-electron chi connectivity index (χ1n) is 4.27. The third-order valence-corrected chi connectivity index (χ3v) is 2.55. The van der Waals surface area contributed by atoms with Crippen molar-refractivity contribution in [2.75, 3.05) is 13.1 Å². The lowest BCUT2D eigenvalue weighted by atomic mass is 10.2. The van der Waals surface area contributed by atoms with E-state index in [9.17, 15) is 4.79 Å². The van der Waals surface area contributed by atoms with E-state index in [2.05, 4.69) is 0 Å². The first-order valence-corrected chi connectivity index (χ1v) is 4.27. The van der Waals surface area contributed by atoms with Gasteiger partial charge in [0.1, 0.15) is 5.54 Å². The van der Waals surface area contributed by atoms with Gasteiger partial charge in [-0.15, -0.1) is 0 Å². The topological polar surface area (TPSA) is 44.1 Å². The summed E-state index contributed by atoms with van der Waals surface area (Å²) in [5.74, 6) is 0.0787. The second-order valence-corrected chi connectivity index (χ2v) is 3.58. The number of rotatable bonds is 1. The van der Waals surface area contributed by atoms with E-state index in [1.807, 2.05) is 4.90 Å². The second-order valence-electron chi connectivity index (χ2n) is 3.58. The van der Waals surface area contributed by atoms with Crippen LogP contribution in [-0.4, -0.2) is 29.4 Å². The lowest BCUT2D eigenvalue weighted by Crippen LogP contribution is -2.39. The Morgan fingerprint density at radius 2 is 1.82 bits per heavy atom. The normalized spacial score (nSPS) is 27.2. The molecule has 0 aromatic heterocycles. The van der Waals surface area contributed by atoms with Gasteiger partial charge in [-0.05, 0) is 25.7 Å². The van der Waals surface area contributed by atoms with Gasteiger partial charge in [-0.25, -0.2) is 5.73 Å². The third-order valence-electron chi connectivity index (χ3n) is 2.55. The molecule has 1 saturated heterocycles. The fraction of sp³-hybridized carbons (Fsp3) is 0.875. The molecule has 1 saturated carbocycles. The molecule has 3 nitrogen and oxygen atoms in total. The molecular formula is C8H13N2O. The standard InChI is InChI=1S/C8H13N2O/c9-8(3-4-8)7(11)10-5-1-2-6-10/h9H,1-6H2. The maximum Gasteiger partial charge on any atom is 0.244 e. The van der Waals surface area contributed by atoms with Crippen LogP contribution in [0.5, 0.6) is 0 Å². The van der Waals surface area contributed by atoms with Gasteiger partial charge in [-0.1, -0.05) is 0 Å². The van der Waals surface area contributed by atoms with E-state index in [0.29, 0.717) is 0 Å². The van der Waals surface area contributed by atoms with E-state index in [0.717, 1.165) is 38.8 Å². The highest BCUT2D eigenvalue weighted by Gasteiger charge is 2.49. The molecule has 2 rings (SSSR count). The summed E-state index contributed by atoms with van der Waals surface area (Å²) in [5.41, 5.74) is 6.93. The molecule has 2 fully saturated rings. The van der Waals surface area contributed by atoms with Crippen molar-refractivity contribution in [1.29, 1.82) is 0 Å². The number of carbonyl (C=O) groups is 1. The molecule has 1 aliphatic carbocycles. The lowest BCUT2D eigenvalue weighted by Gasteiger charge is -2.18. The summed E-state index contributed by atoms with van der Waals surface area (Å²) < 4.78 is 0. The number of likely N-dealkylation sites (tertiary alicyclic amines) is 1. The summed E-state index contributed by atoms with van der Waals surface area (Å²) in [5, 5.41) is 0. The third kappa shape index (κ3) is 1.13. The molecule has 0 spiro atoms. The van der Waals surface area contributed by atoms with Crippen LogP contribution in [0.3, 0.4) is 0 Å². The quantitative estimate of drug-likeness (QED) is 0.538. The lowest BCUT2D eigenvalue weighted by molar-refractivity contribution is -0.132. The van der Waals surface area contributed by atoms with Crippen molar-refractivity contribution in [2.45, 2.75) is 31.2 Å². The van der Waals surface area contributed by atoms with Crippen LogP contribution in [0.2, 0.25) is 0 Å². The van der Waals surface area contributed by atoms with Crippen molar-refractivity contribution < 1.29 is 4.79 Å². The molecule has 0 aromatic carbocycles. The van der Waals surface area contributed by atoms with Crippen LogP contribution in [0.15, 0.2) is 0 Å². The van der Waals surface area contributed by atoms with Crippen molar-refractivity contribution in [3.63, 3.8) is 0 Å². The maximum atomic E-state index is 11.5. The molecular weight excluding hydrogens is 140 g/mol. The largest absolute Gasteiger partial charge is 0.341 e. The highest BCUT2D eigenvalue weighted by atomic mass is 16.2. The molecule has 0 bridgehead atoms. The van der Waals surface area contributed by atoms with Gasteiger partial charge in [0.05, 0.1) is 0 Å². The second kappa shape index (κ2) is 2.21. The van der Waals surface area contributed by atoms with E-state index in [1.165, 1.54) is 0 Å². The molecule has 61 valence electrons. The fourth-order valence-electron chi connectivity index (χ4n) is 1.56. The Morgan fingerprint density at radius 1 is 1.27 bits per heavy atom. The van der Waals surface area contributed by atoms with Gasteiger partial charge in [0.15, 0.2) is 0 Å². The molecule has 1 N–H and O–H groups in total. The molecule has 1 aliphatic heterocycles. The van der Waals surface area contributed by atoms with Gasteiger partial charge in [0.25, 0.3) is 0 Å². The van der Waals surface area contributed by atoms with E-state index in [1.54, 1.807) is 0 Å². The SMILES string of the molecule is [NH]C1(C(=O)N2CCCC2)CC1. The highest BCUT2D eigenvalue weighted by molar-refractivity contribution is 5.89. The summed E-state index contributed by atoms with van der Waals surface area (Å²) in [6.07, 6.45) is 3.81. The number of nitrogens with one attached hydrogen (secondary N) is 1. The molecule has 3 heteroatoms. The van der Waals surface area contributed by atoms with Gasteiger partial charge in [0, 0.05) is 13.1 Å². The first kappa shape index (κ1) is 7.10. The zero-order valence-electron chi connectivity index (χ0n) is 6.60. The predicted molar refractivity (Wildman–Crippen MR) is 40.9 cm³/mol. The fourth-order valence-corrected chi connectivity index (χ4v) is 1.56. The summed E-state index contributed by atoms with van der Waals surface area (Å²) in [6.45, 7) is 1.78. The summed E-state index contributed by atoms with van der Waals surface area (Å²) in [7, 11) is 0. The van der Waals surface area contributed by atoms with E-state index < -0.39 is 5.54 Å². The number of carbonyl (C=O) groups excluding carboxylic acids is 1. The van der Waals surface area contributed by atoms with Crippen molar-refractivity contribution in [3.8, 4) is 0 Å². The molecule has 1 amide bonds. The van der Waals surface area contributed by atoms with Crippen molar-refractivity contribution >= 4 is 5.91 Å². The van der Waals surface area contributed by atoms with Gasteiger partial charge in [-0.2, -0.15) is 0 Å². The summed E-state index contributed by atoms with van der Waals surface area (Å²) in [6, 6.07) is 0. The highest BCUT2D eigenvalue weighted by Crippen LogP contribution is 2.36. The molecule has 11 heavy (non-hydrogen) atoms. The smallest absolute Gasteiger partial charge is 0.244 e. The Labute approximate surface area is 66.5 Å². The minimum Gasteiger partial charge on any atom is -0.341 e. The average Bonchev–Trinajstić information content (AvgIpc) is 2.54. The van der Waals surface area contributed by atoms with Crippen LogP contribution >= 0.6 is 0 Å². The van der Waals surface area contributed by atoms with E-state index in [4.69, 9.17) is 5.73 Å². The Balaban J connectivity index is 1.98. The van der Waals surface area contributed by atoms with Gasteiger partial charge in [-0.3, -0.25) is 4.79 Å². The average molecular weight is 153 g/mol. The van der Waals surface area contributed by atoms with Crippen LogP contribution in [0.1, 0.15) is 25.7 Å². The predicted octanol–water partition coefficient (Wildman–Crippen LogP) is 0.424. The number of hydrogen-bond donors (Lipinski definition) is 0. The Bertz CT molecular complexity index is 181. The van der Waals surface area contributed by atoms with E-state index in [-0.39, 0.29) is 5.91 Å². The number of amides is 1. The zero-order chi connectivity index (χ0) is 7.90. The summed E-state index contributed by atoms with van der Waals surface area (Å²) >= 11 is 0. The number of hydrogen-bond acceptors (Lipinski definition) is 1. The zero-order valence-corrected chi connectivity index (χ0v) is 6.60.